The zero-order valence-electron chi connectivity index (χ0n) is 11.5. The SMILES string of the molecule is CCCCCCCCC1C=CC2=C(F)C(F)=NC2=C1. The molecule has 0 radical (unpaired) electrons. The van der Waals surface area contributed by atoms with Gasteiger partial charge in [0.1, 0.15) is 0 Å². The number of nitrogens with zero attached hydrogens (tertiary/aromatic N) is 1. The van der Waals surface area contributed by atoms with Gasteiger partial charge < -0.3 is 0 Å². The molecule has 3 heteroatoms. The number of fused-ring (bicyclic) bond motifs is 1. The van der Waals surface area contributed by atoms with Crippen LogP contribution in [0.3, 0.4) is 0 Å². The van der Waals surface area contributed by atoms with Crippen LogP contribution in [-0.4, -0.2) is 5.97 Å². The van der Waals surface area contributed by atoms with E-state index < -0.39 is 11.8 Å². The van der Waals surface area contributed by atoms with Crippen LogP contribution in [0.25, 0.3) is 0 Å². The molecule has 2 rings (SSSR count). The third-order valence-corrected chi connectivity index (χ3v) is 3.69. The summed E-state index contributed by atoms with van der Waals surface area (Å²) in [6.45, 7) is 2.21. The molecule has 0 aromatic heterocycles. The minimum absolute atomic E-state index is 0.271. The molecule has 2 aliphatic rings. The molecule has 0 aromatic carbocycles. The summed E-state index contributed by atoms with van der Waals surface area (Å²) >= 11 is 0. The first-order valence-corrected chi connectivity index (χ1v) is 7.27. The van der Waals surface area contributed by atoms with E-state index in [1.807, 2.05) is 12.2 Å². The smallest absolute Gasteiger partial charge is 0.217 e. The highest BCUT2D eigenvalue weighted by Gasteiger charge is 2.25. The van der Waals surface area contributed by atoms with Gasteiger partial charge in [-0.15, -0.1) is 0 Å². The third kappa shape index (κ3) is 3.62. The maximum Gasteiger partial charge on any atom is 0.250 e. The molecule has 1 atom stereocenters. The molecule has 0 N–H and O–H groups in total. The number of halogens is 2. The van der Waals surface area contributed by atoms with E-state index in [4.69, 9.17) is 0 Å². The second-order valence-electron chi connectivity index (χ2n) is 5.26. The van der Waals surface area contributed by atoms with E-state index in [2.05, 4.69) is 11.9 Å². The van der Waals surface area contributed by atoms with Crippen LogP contribution in [0.4, 0.5) is 8.78 Å². The number of rotatable bonds is 7. The predicted octanol–water partition coefficient (Wildman–Crippen LogP) is 5.41. The van der Waals surface area contributed by atoms with E-state index in [1.165, 1.54) is 32.1 Å². The predicted molar refractivity (Wildman–Crippen MR) is 75.4 cm³/mol. The van der Waals surface area contributed by atoms with Crippen LogP contribution >= 0.6 is 0 Å². The molecule has 0 bridgehead atoms. The molecule has 0 saturated heterocycles. The number of unbranched alkanes of at least 4 members (excludes halogenated alkanes) is 5. The van der Waals surface area contributed by atoms with Gasteiger partial charge in [-0.1, -0.05) is 63.7 Å². The number of aliphatic imine (C=N–C) groups is 1. The summed E-state index contributed by atoms with van der Waals surface area (Å²) in [5.41, 5.74) is 0.769. The first kappa shape index (κ1) is 14.2. The summed E-state index contributed by atoms with van der Waals surface area (Å²) in [7, 11) is 0. The van der Waals surface area contributed by atoms with E-state index in [9.17, 15) is 8.78 Å². The number of hydrogen-bond acceptors (Lipinski definition) is 1. The van der Waals surface area contributed by atoms with E-state index in [0.29, 0.717) is 11.3 Å². The van der Waals surface area contributed by atoms with Gasteiger partial charge in [0.25, 0.3) is 0 Å². The van der Waals surface area contributed by atoms with Gasteiger partial charge >= 0.3 is 0 Å². The molecular formula is C16H21F2N. The summed E-state index contributed by atoms with van der Waals surface area (Å²) in [5.74, 6) is -1.53. The second-order valence-corrected chi connectivity index (χ2v) is 5.26. The first-order valence-electron chi connectivity index (χ1n) is 7.27. The number of hydrogen-bond donors (Lipinski definition) is 0. The topological polar surface area (TPSA) is 12.4 Å². The van der Waals surface area contributed by atoms with Gasteiger partial charge in [-0.2, -0.15) is 4.39 Å². The molecule has 0 aromatic rings. The molecular weight excluding hydrogens is 244 g/mol. The largest absolute Gasteiger partial charge is 0.250 e. The molecule has 0 amide bonds. The van der Waals surface area contributed by atoms with Crippen molar-refractivity contribution >= 4 is 5.97 Å². The molecule has 1 nitrogen and oxygen atoms in total. The zero-order chi connectivity index (χ0) is 13.7. The van der Waals surface area contributed by atoms with Crippen molar-refractivity contribution in [1.82, 2.24) is 0 Å². The zero-order valence-corrected chi connectivity index (χ0v) is 11.5. The lowest BCUT2D eigenvalue weighted by Gasteiger charge is -2.13. The molecule has 1 unspecified atom stereocenters. The van der Waals surface area contributed by atoms with Crippen LogP contribution in [0.2, 0.25) is 0 Å². The summed E-state index contributed by atoms with van der Waals surface area (Å²) in [5, 5.41) is 0. The minimum Gasteiger partial charge on any atom is -0.217 e. The summed E-state index contributed by atoms with van der Waals surface area (Å²) < 4.78 is 26.3. The van der Waals surface area contributed by atoms with Gasteiger partial charge in [-0.05, 0) is 12.3 Å². The summed E-state index contributed by atoms with van der Waals surface area (Å²) in [6.07, 6.45) is 14.1. The van der Waals surface area contributed by atoms with Crippen molar-refractivity contribution in [2.75, 3.05) is 0 Å². The highest BCUT2D eigenvalue weighted by atomic mass is 19.2. The molecule has 104 valence electrons. The van der Waals surface area contributed by atoms with E-state index in [-0.39, 0.29) is 5.92 Å². The maximum absolute atomic E-state index is 13.3. The Balaban J connectivity index is 1.76. The van der Waals surface area contributed by atoms with Crippen molar-refractivity contribution in [3.05, 3.63) is 35.3 Å². The van der Waals surface area contributed by atoms with Crippen LogP contribution in [0.15, 0.2) is 40.3 Å². The fraction of sp³-hybridized carbons (Fsp3) is 0.562. The lowest BCUT2D eigenvalue weighted by Crippen LogP contribution is -1.99. The second kappa shape index (κ2) is 6.78. The van der Waals surface area contributed by atoms with Gasteiger partial charge in [-0.25, -0.2) is 9.38 Å². The monoisotopic (exact) mass is 265 g/mol. The molecule has 1 aliphatic heterocycles. The molecule has 0 saturated carbocycles. The lowest BCUT2D eigenvalue weighted by molar-refractivity contribution is 0.561. The Labute approximate surface area is 113 Å². The van der Waals surface area contributed by atoms with E-state index in [1.54, 1.807) is 6.08 Å². The molecule has 1 aliphatic carbocycles. The van der Waals surface area contributed by atoms with Gasteiger partial charge in [0.05, 0.1) is 5.70 Å². The molecule has 0 fully saturated rings. The van der Waals surface area contributed by atoms with Crippen LogP contribution in [0.5, 0.6) is 0 Å². The molecule has 19 heavy (non-hydrogen) atoms. The minimum atomic E-state index is -0.980. The fourth-order valence-electron chi connectivity index (χ4n) is 2.54. The molecule has 1 heterocycles. The van der Waals surface area contributed by atoms with Gasteiger partial charge in [0.15, 0.2) is 5.83 Å². The van der Waals surface area contributed by atoms with Crippen molar-refractivity contribution in [3.63, 3.8) is 0 Å². The van der Waals surface area contributed by atoms with Gasteiger partial charge in [0.2, 0.25) is 5.97 Å². The maximum atomic E-state index is 13.3. The Kier molecular flexibility index (Phi) is 5.06. The standard InChI is InChI=1S/C16H21F2N/c1-2-3-4-5-6-7-8-12-9-10-13-14(11-12)19-16(18)15(13)17/h9-12H,2-8H2,1H3. The Morgan fingerprint density at radius 3 is 2.63 bits per heavy atom. The van der Waals surface area contributed by atoms with Crippen LogP contribution in [0.1, 0.15) is 51.9 Å². The van der Waals surface area contributed by atoms with E-state index >= 15 is 0 Å². The lowest BCUT2D eigenvalue weighted by atomic mass is 9.93. The normalized spacial score (nSPS) is 21.5. The Hall–Kier alpha value is -1.25. The number of allylic oxidation sites excluding steroid dienone is 4. The summed E-state index contributed by atoms with van der Waals surface area (Å²) in [6, 6.07) is 0. The quantitative estimate of drug-likeness (QED) is 0.545. The highest BCUT2D eigenvalue weighted by molar-refractivity contribution is 5.97. The first-order chi connectivity index (χ1) is 9.22. The van der Waals surface area contributed by atoms with Crippen LogP contribution in [-0.2, 0) is 0 Å². The van der Waals surface area contributed by atoms with Gasteiger partial charge in [0, 0.05) is 5.57 Å². The van der Waals surface area contributed by atoms with Crippen molar-refractivity contribution in [1.29, 1.82) is 0 Å². The van der Waals surface area contributed by atoms with Crippen molar-refractivity contribution in [2.24, 2.45) is 10.9 Å². The van der Waals surface area contributed by atoms with Gasteiger partial charge in [-0.3, -0.25) is 0 Å². The van der Waals surface area contributed by atoms with Crippen LogP contribution < -0.4 is 0 Å². The van der Waals surface area contributed by atoms with Crippen LogP contribution in [0, 0.1) is 5.92 Å². The molecule has 0 spiro atoms. The Morgan fingerprint density at radius 1 is 1.11 bits per heavy atom. The van der Waals surface area contributed by atoms with E-state index in [0.717, 1.165) is 12.8 Å². The Morgan fingerprint density at radius 2 is 1.84 bits per heavy atom. The highest BCUT2D eigenvalue weighted by Crippen LogP contribution is 2.33. The average Bonchev–Trinajstić information content (AvgIpc) is 2.69. The van der Waals surface area contributed by atoms with Crippen molar-refractivity contribution in [3.8, 4) is 0 Å². The third-order valence-electron chi connectivity index (χ3n) is 3.69. The fourth-order valence-corrected chi connectivity index (χ4v) is 2.54. The van der Waals surface area contributed by atoms with Crippen molar-refractivity contribution < 1.29 is 8.78 Å². The van der Waals surface area contributed by atoms with Crippen molar-refractivity contribution in [2.45, 2.75) is 51.9 Å². The average molecular weight is 265 g/mol. The Bertz CT molecular complexity index is 444. The summed E-state index contributed by atoms with van der Waals surface area (Å²) in [4.78, 5) is 3.62.